The van der Waals surface area contributed by atoms with Crippen LogP contribution < -0.4 is 5.32 Å². The summed E-state index contributed by atoms with van der Waals surface area (Å²) in [5.41, 5.74) is 2.91. The number of hydrogen-bond acceptors (Lipinski definition) is 2. The Morgan fingerprint density at radius 2 is 2.22 bits per heavy atom. The highest BCUT2D eigenvalue weighted by molar-refractivity contribution is 5.95. The van der Waals surface area contributed by atoms with Crippen LogP contribution in [-0.2, 0) is 6.42 Å². The van der Waals surface area contributed by atoms with E-state index in [0.29, 0.717) is 13.0 Å². The Labute approximate surface area is 106 Å². The van der Waals surface area contributed by atoms with Crippen LogP contribution in [0.2, 0.25) is 0 Å². The van der Waals surface area contributed by atoms with Crippen molar-refractivity contribution in [3.05, 3.63) is 53.1 Å². The third-order valence-corrected chi connectivity index (χ3v) is 3.05. The van der Waals surface area contributed by atoms with Crippen LogP contribution in [0.5, 0.6) is 0 Å². The van der Waals surface area contributed by atoms with Crippen molar-refractivity contribution in [3.8, 4) is 0 Å². The SMILES string of the molecule is Cc1cccc(C(=O)NCCc2ncc[nH]2)c1C. The lowest BCUT2D eigenvalue weighted by Crippen LogP contribution is -2.26. The molecule has 0 aliphatic heterocycles. The molecule has 2 aromatic rings. The molecule has 0 fully saturated rings. The Balaban J connectivity index is 1.93. The summed E-state index contributed by atoms with van der Waals surface area (Å²) in [6.45, 7) is 4.56. The van der Waals surface area contributed by atoms with Gasteiger partial charge < -0.3 is 10.3 Å². The molecule has 18 heavy (non-hydrogen) atoms. The summed E-state index contributed by atoms with van der Waals surface area (Å²) in [5, 5.41) is 2.91. The zero-order chi connectivity index (χ0) is 13.0. The topological polar surface area (TPSA) is 57.8 Å². The van der Waals surface area contributed by atoms with Gasteiger partial charge in [0.25, 0.3) is 5.91 Å². The molecule has 0 bridgehead atoms. The summed E-state index contributed by atoms with van der Waals surface area (Å²) in [7, 11) is 0. The van der Waals surface area contributed by atoms with Gasteiger partial charge in [-0.1, -0.05) is 12.1 Å². The number of amides is 1. The van der Waals surface area contributed by atoms with Gasteiger partial charge in [-0.3, -0.25) is 4.79 Å². The number of hydrogen-bond donors (Lipinski definition) is 2. The number of carbonyl (C=O) groups is 1. The highest BCUT2D eigenvalue weighted by atomic mass is 16.1. The number of carbonyl (C=O) groups excluding carboxylic acids is 1. The number of aromatic nitrogens is 2. The number of nitrogens with one attached hydrogen (secondary N) is 2. The van der Waals surface area contributed by atoms with E-state index in [0.717, 1.165) is 22.5 Å². The van der Waals surface area contributed by atoms with Gasteiger partial charge in [0, 0.05) is 30.9 Å². The average Bonchev–Trinajstić information content (AvgIpc) is 2.85. The molecule has 0 aliphatic rings. The fraction of sp³-hybridized carbons (Fsp3) is 0.286. The van der Waals surface area contributed by atoms with E-state index in [2.05, 4.69) is 15.3 Å². The van der Waals surface area contributed by atoms with E-state index in [1.165, 1.54) is 0 Å². The minimum atomic E-state index is -0.0252. The highest BCUT2D eigenvalue weighted by Crippen LogP contribution is 2.12. The van der Waals surface area contributed by atoms with Crippen LogP contribution in [0.4, 0.5) is 0 Å². The molecule has 4 nitrogen and oxygen atoms in total. The molecular weight excluding hydrogens is 226 g/mol. The van der Waals surface area contributed by atoms with Crippen molar-refractivity contribution in [1.82, 2.24) is 15.3 Å². The zero-order valence-electron chi connectivity index (χ0n) is 10.7. The minimum absolute atomic E-state index is 0.0252. The Bertz CT molecular complexity index is 532. The van der Waals surface area contributed by atoms with Crippen molar-refractivity contribution in [1.29, 1.82) is 0 Å². The second-order valence-corrected chi connectivity index (χ2v) is 4.29. The van der Waals surface area contributed by atoms with E-state index in [4.69, 9.17) is 0 Å². The molecule has 0 spiro atoms. The smallest absolute Gasteiger partial charge is 0.251 e. The molecule has 2 rings (SSSR count). The maximum Gasteiger partial charge on any atom is 0.251 e. The summed E-state index contributed by atoms with van der Waals surface area (Å²) < 4.78 is 0. The first-order valence-corrected chi connectivity index (χ1v) is 6.01. The largest absolute Gasteiger partial charge is 0.352 e. The van der Waals surface area contributed by atoms with Crippen molar-refractivity contribution in [2.75, 3.05) is 6.54 Å². The van der Waals surface area contributed by atoms with Crippen LogP contribution >= 0.6 is 0 Å². The van der Waals surface area contributed by atoms with Crippen LogP contribution in [0, 0.1) is 13.8 Å². The Hall–Kier alpha value is -2.10. The second kappa shape index (κ2) is 5.49. The fourth-order valence-electron chi connectivity index (χ4n) is 1.82. The van der Waals surface area contributed by atoms with Gasteiger partial charge in [-0.2, -0.15) is 0 Å². The summed E-state index contributed by atoms with van der Waals surface area (Å²) in [6, 6.07) is 5.77. The van der Waals surface area contributed by atoms with Gasteiger partial charge in [-0.05, 0) is 31.0 Å². The lowest BCUT2D eigenvalue weighted by molar-refractivity contribution is 0.0953. The van der Waals surface area contributed by atoms with Crippen LogP contribution in [0.3, 0.4) is 0 Å². The van der Waals surface area contributed by atoms with E-state index in [1.54, 1.807) is 12.4 Å². The van der Waals surface area contributed by atoms with Crippen molar-refractivity contribution in [3.63, 3.8) is 0 Å². The molecule has 0 aliphatic carbocycles. The van der Waals surface area contributed by atoms with E-state index in [1.807, 2.05) is 32.0 Å². The normalized spacial score (nSPS) is 10.3. The van der Waals surface area contributed by atoms with E-state index >= 15 is 0 Å². The molecule has 0 unspecified atom stereocenters. The van der Waals surface area contributed by atoms with E-state index in [9.17, 15) is 4.79 Å². The molecule has 0 saturated carbocycles. The Morgan fingerprint density at radius 3 is 2.94 bits per heavy atom. The number of aromatic amines is 1. The minimum Gasteiger partial charge on any atom is -0.352 e. The first-order chi connectivity index (χ1) is 8.68. The van der Waals surface area contributed by atoms with Gasteiger partial charge in [0.05, 0.1) is 0 Å². The predicted molar refractivity (Wildman–Crippen MR) is 70.5 cm³/mol. The first kappa shape index (κ1) is 12.4. The van der Waals surface area contributed by atoms with Gasteiger partial charge in [0.2, 0.25) is 0 Å². The maximum absolute atomic E-state index is 12.0. The second-order valence-electron chi connectivity index (χ2n) is 4.29. The molecule has 94 valence electrons. The lowest BCUT2D eigenvalue weighted by Gasteiger charge is -2.08. The summed E-state index contributed by atoms with van der Waals surface area (Å²) in [4.78, 5) is 19.1. The van der Waals surface area contributed by atoms with Crippen molar-refractivity contribution >= 4 is 5.91 Å². The molecule has 0 saturated heterocycles. The van der Waals surface area contributed by atoms with Crippen LogP contribution in [0.15, 0.2) is 30.6 Å². The van der Waals surface area contributed by atoms with Crippen molar-refractivity contribution < 1.29 is 4.79 Å². The number of imidazole rings is 1. The van der Waals surface area contributed by atoms with Crippen molar-refractivity contribution in [2.24, 2.45) is 0 Å². The summed E-state index contributed by atoms with van der Waals surface area (Å²) in [5.74, 6) is 0.860. The number of benzene rings is 1. The Kier molecular flexibility index (Phi) is 3.77. The van der Waals surface area contributed by atoms with Gasteiger partial charge in [0.15, 0.2) is 0 Å². The summed E-state index contributed by atoms with van der Waals surface area (Å²) in [6.07, 6.45) is 4.20. The molecule has 0 radical (unpaired) electrons. The monoisotopic (exact) mass is 243 g/mol. The van der Waals surface area contributed by atoms with Crippen LogP contribution in [0.25, 0.3) is 0 Å². The molecule has 1 aromatic heterocycles. The zero-order valence-corrected chi connectivity index (χ0v) is 10.7. The number of nitrogens with zero attached hydrogens (tertiary/aromatic N) is 1. The van der Waals surface area contributed by atoms with Gasteiger partial charge >= 0.3 is 0 Å². The van der Waals surface area contributed by atoms with E-state index in [-0.39, 0.29) is 5.91 Å². The Morgan fingerprint density at radius 1 is 1.39 bits per heavy atom. The molecule has 4 heteroatoms. The molecule has 2 N–H and O–H groups in total. The van der Waals surface area contributed by atoms with Crippen molar-refractivity contribution in [2.45, 2.75) is 20.3 Å². The summed E-state index contributed by atoms with van der Waals surface area (Å²) >= 11 is 0. The standard InChI is InChI=1S/C14H17N3O/c1-10-4-3-5-12(11(10)2)14(18)17-7-6-13-15-8-9-16-13/h3-5,8-9H,6-7H2,1-2H3,(H,15,16)(H,17,18). The lowest BCUT2D eigenvalue weighted by atomic mass is 10.0. The predicted octanol–water partition coefficient (Wildman–Crippen LogP) is 2.00. The van der Waals surface area contributed by atoms with E-state index < -0.39 is 0 Å². The first-order valence-electron chi connectivity index (χ1n) is 6.01. The maximum atomic E-state index is 12.0. The molecule has 1 amide bonds. The highest BCUT2D eigenvalue weighted by Gasteiger charge is 2.09. The molecule has 1 aromatic carbocycles. The number of H-pyrrole nitrogens is 1. The number of rotatable bonds is 4. The van der Waals surface area contributed by atoms with Crippen LogP contribution in [-0.4, -0.2) is 22.4 Å². The molecule has 0 atom stereocenters. The third-order valence-electron chi connectivity index (χ3n) is 3.05. The van der Waals surface area contributed by atoms with Gasteiger partial charge in [0.1, 0.15) is 5.82 Å². The number of aryl methyl sites for hydroxylation is 1. The molecular formula is C14H17N3O. The third kappa shape index (κ3) is 2.77. The molecule has 1 heterocycles. The average molecular weight is 243 g/mol. The fourth-order valence-corrected chi connectivity index (χ4v) is 1.82. The van der Waals surface area contributed by atoms with Crippen LogP contribution in [0.1, 0.15) is 27.3 Å². The quantitative estimate of drug-likeness (QED) is 0.863. The van der Waals surface area contributed by atoms with Gasteiger partial charge in [-0.15, -0.1) is 0 Å². The van der Waals surface area contributed by atoms with Gasteiger partial charge in [-0.25, -0.2) is 4.98 Å².